The van der Waals surface area contributed by atoms with Gasteiger partial charge in [0.25, 0.3) is 0 Å². The molecule has 3 rings (SSSR count). The van der Waals surface area contributed by atoms with Gasteiger partial charge >= 0.3 is 0 Å². The fourth-order valence-electron chi connectivity index (χ4n) is 1.75. The Bertz CT molecular complexity index is 539. The first-order valence-corrected chi connectivity index (χ1v) is 4.56. The quantitative estimate of drug-likeness (QED) is 0.459. The second-order valence-corrected chi connectivity index (χ2v) is 3.28. The van der Waals surface area contributed by atoms with Gasteiger partial charge in [0, 0.05) is 0 Å². The Labute approximate surface area is 82.8 Å². The molecule has 0 saturated carbocycles. The average Bonchev–Trinajstić information content (AvgIpc) is 2.29. The topological polar surface area (TPSA) is 0 Å². The summed E-state index contributed by atoms with van der Waals surface area (Å²) in [6, 6.07) is 23.4. The van der Waals surface area contributed by atoms with Crippen molar-refractivity contribution < 1.29 is 0 Å². The van der Waals surface area contributed by atoms with Crippen molar-refractivity contribution in [1.82, 2.24) is 0 Å². The Balaban J connectivity index is 2.61. The molecule has 0 N–H and O–H groups in total. The molecule has 0 aliphatic heterocycles. The minimum absolute atomic E-state index is 1.15. The third-order valence-electron chi connectivity index (χ3n) is 2.44. The molecule has 0 amide bonds. The second kappa shape index (κ2) is 2.85. The summed E-state index contributed by atoms with van der Waals surface area (Å²) in [4.78, 5) is 0. The van der Waals surface area contributed by atoms with Gasteiger partial charge in [0.2, 0.25) is 0 Å². The molecule has 0 nitrogen and oxygen atoms in total. The Kier molecular flexibility index (Phi) is 1.54. The van der Waals surface area contributed by atoms with Crippen LogP contribution in [0, 0.1) is 18.2 Å². The molecule has 3 aromatic rings. The molecular weight excluding hydrogens is 168 g/mol. The maximum atomic E-state index is 3.26. The first kappa shape index (κ1) is 7.57. The highest BCUT2D eigenvalue weighted by Crippen LogP contribution is 2.23. The zero-order chi connectivity index (χ0) is 9.38. The minimum atomic E-state index is 1.15. The van der Waals surface area contributed by atoms with Gasteiger partial charge < -0.3 is 0 Å². The molecule has 3 aromatic carbocycles. The lowest BCUT2D eigenvalue weighted by Gasteiger charge is -2.01. The summed E-state index contributed by atoms with van der Waals surface area (Å²) in [5.74, 6) is 0. The lowest BCUT2D eigenvalue weighted by molar-refractivity contribution is 1.73. The van der Waals surface area contributed by atoms with Crippen LogP contribution in [0.25, 0.3) is 21.5 Å². The number of benzene rings is 3. The van der Waals surface area contributed by atoms with Gasteiger partial charge in [0.15, 0.2) is 0 Å². The Morgan fingerprint density at radius 1 is 0.786 bits per heavy atom. The van der Waals surface area contributed by atoms with Crippen LogP contribution in [0.2, 0.25) is 0 Å². The largest absolute Gasteiger partial charge is 0.0616 e. The van der Waals surface area contributed by atoms with Crippen LogP contribution < -0.4 is 0 Å². The van der Waals surface area contributed by atoms with E-state index in [4.69, 9.17) is 0 Å². The Morgan fingerprint density at radius 2 is 1.64 bits per heavy atom. The van der Waals surface area contributed by atoms with Crippen molar-refractivity contribution in [2.45, 2.75) is 0 Å². The van der Waals surface area contributed by atoms with E-state index in [1.54, 1.807) is 0 Å². The van der Waals surface area contributed by atoms with E-state index in [-0.39, 0.29) is 0 Å². The molecule has 3 radical (unpaired) electrons. The molecular formula is C14H7. The summed E-state index contributed by atoms with van der Waals surface area (Å²) in [7, 11) is 0. The standard InChI is InChI=1S/C14H7/c1-3-7-13-11(5-1)9-10-12-6-2-4-8-14(12)13/h1,3,5-8,10H. The smallest absolute Gasteiger partial charge is 0.00921 e. The van der Waals surface area contributed by atoms with E-state index in [0.717, 1.165) is 5.39 Å². The predicted molar refractivity (Wildman–Crippen MR) is 58.0 cm³/mol. The molecule has 14 heavy (non-hydrogen) atoms. The van der Waals surface area contributed by atoms with E-state index in [0.29, 0.717) is 0 Å². The van der Waals surface area contributed by atoms with Crippen LogP contribution in [-0.4, -0.2) is 0 Å². The zero-order valence-electron chi connectivity index (χ0n) is 7.54. The van der Waals surface area contributed by atoms with E-state index in [2.05, 4.69) is 30.3 Å². The van der Waals surface area contributed by atoms with E-state index in [1.165, 1.54) is 16.2 Å². The zero-order valence-corrected chi connectivity index (χ0v) is 7.54. The first-order chi connectivity index (χ1) is 6.95. The molecule has 0 aliphatic rings. The first-order valence-electron chi connectivity index (χ1n) is 4.56. The summed E-state index contributed by atoms with van der Waals surface area (Å²) in [6.45, 7) is 0. The molecule has 0 unspecified atom stereocenters. The van der Waals surface area contributed by atoms with Crippen LogP contribution in [0.5, 0.6) is 0 Å². The van der Waals surface area contributed by atoms with Gasteiger partial charge in [-0.15, -0.1) is 0 Å². The minimum Gasteiger partial charge on any atom is -0.0616 e. The van der Waals surface area contributed by atoms with E-state index in [9.17, 15) is 0 Å². The van der Waals surface area contributed by atoms with Crippen molar-refractivity contribution in [3.05, 3.63) is 60.7 Å². The monoisotopic (exact) mass is 175 g/mol. The average molecular weight is 175 g/mol. The van der Waals surface area contributed by atoms with Gasteiger partial charge in [-0.3, -0.25) is 0 Å². The summed E-state index contributed by atoms with van der Waals surface area (Å²) >= 11 is 0. The van der Waals surface area contributed by atoms with Gasteiger partial charge in [-0.05, 0) is 57.9 Å². The van der Waals surface area contributed by atoms with Crippen molar-refractivity contribution >= 4 is 21.5 Å². The molecule has 0 aromatic heterocycles. The van der Waals surface area contributed by atoms with Crippen LogP contribution in [0.1, 0.15) is 0 Å². The molecule has 0 fully saturated rings. The van der Waals surface area contributed by atoms with Crippen molar-refractivity contribution in [3.8, 4) is 0 Å². The van der Waals surface area contributed by atoms with Gasteiger partial charge in [-0.1, -0.05) is 24.3 Å². The lowest BCUT2D eigenvalue weighted by Crippen LogP contribution is -1.76. The van der Waals surface area contributed by atoms with Gasteiger partial charge in [0.1, 0.15) is 0 Å². The van der Waals surface area contributed by atoms with Crippen LogP contribution >= 0.6 is 0 Å². The SMILES string of the molecule is [c]1[c]cc2c(c1)c[c]c1ccccc12. The third kappa shape index (κ3) is 1.01. The second-order valence-electron chi connectivity index (χ2n) is 3.28. The van der Waals surface area contributed by atoms with Crippen LogP contribution in [0.15, 0.2) is 42.5 Å². The molecule has 0 heteroatoms. The summed E-state index contributed by atoms with van der Waals surface area (Å²) in [5.41, 5.74) is 0. The van der Waals surface area contributed by atoms with Crippen molar-refractivity contribution in [2.24, 2.45) is 0 Å². The molecule has 0 saturated heterocycles. The maximum Gasteiger partial charge on any atom is -0.00921 e. The van der Waals surface area contributed by atoms with Crippen LogP contribution in [-0.2, 0) is 0 Å². The fourth-order valence-corrected chi connectivity index (χ4v) is 1.75. The number of fused-ring (bicyclic) bond motifs is 3. The highest BCUT2D eigenvalue weighted by molar-refractivity contribution is 6.06. The Hall–Kier alpha value is -1.82. The van der Waals surface area contributed by atoms with E-state index in [1.807, 2.05) is 30.3 Å². The van der Waals surface area contributed by atoms with E-state index >= 15 is 0 Å². The maximum absolute atomic E-state index is 3.26. The van der Waals surface area contributed by atoms with Crippen molar-refractivity contribution in [1.29, 1.82) is 0 Å². The highest BCUT2D eigenvalue weighted by Gasteiger charge is 1.97. The molecule has 0 heterocycles. The van der Waals surface area contributed by atoms with E-state index < -0.39 is 0 Å². The molecule has 63 valence electrons. The van der Waals surface area contributed by atoms with Crippen LogP contribution in [0.4, 0.5) is 0 Å². The highest BCUT2D eigenvalue weighted by atomic mass is 14.0. The molecule has 0 spiro atoms. The lowest BCUT2D eigenvalue weighted by atomic mass is 10.0. The number of rotatable bonds is 0. The summed E-state index contributed by atoms with van der Waals surface area (Å²) in [5, 5.41) is 4.77. The number of hydrogen-bond acceptors (Lipinski definition) is 0. The fraction of sp³-hybridized carbons (Fsp3) is 0. The van der Waals surface area contributed by atoms with Crippen molar-refractivity contribution in [2.75, 3.05) is 0 Å². The summed E-state index contributed by atoms with van der Waals surface area (Å²) < 4.78 is 0. The summed E-state index contributed by atoms with van der Waals surface area (Å²) in [6.07, 6.45) is 0. The van der Waals surface area contributed by atoms with Gasteiger partial charge in [-0.25, -0.2) is 0 Å². The molecule has 0 bridgehead atoms. The molecule has 0 aliphatic carbocycles. The number of hydrogen-bond donors (Lipinski definition) is 0. The predicted octanol–water partition coefficient (Wildman–Crippen LogP) is 3.39. The van der Waals surface area contributed by atoms with Gasteiger partial charge in [-0.2, -0.15) is 0 Å². The third-order valence-corrected chi connectivity index (χ3v) is 2.44. The normalized spacial score (nSPS) is 10.9. The Morgan fingerprint density at radius 3 is 2.64 bits per heavy atom. The van der Waals surface area contributed by atoms with Crippen molar-refractivity contribution in [3.63, 3.8) is 0 Å². The van der Waals surface area contributed by atoms with Crippen LogP contribution in [0.3, 0.4) is 0 Å². The van der Waals surface area contributed by atoms with Gasteiger partial charge in [0.05, 0.1) is 0 Å². The molecule has 0 atom stereocenters.